The third-order valence-electron chi connectivity index (χ3n) is 3.78. The fraction of sp³-hybridized carbons (Fsp3) is 0.118. The summed E-state index contributed by atoms with van der Waals surface area (Å²) < 4.78 is 10.6. The average Bonchev–Trinajstić information content (AvgIpc) is 3.06. The lowest BCUT2D eigenvalue weighted by molar-refractivity contribution is -0.244. The maximum absolute atomic E-state index is 12.3. The number of ketones is 1. The van der Waals surface area contributed by atoms with Crippen LogP contribution in [0.5, 0.6) is 11.5 Å². The van der Waals surface area contributed by atoms with Gasteiger partial charge in [-0.2, -0.15) is 0 Å². The van der Waals surface area contributed by atoms with Crippen LogP contribution in [-0.2, 0) is 6.42 Å². The highest BCUT2D eigenvalue weighted by Gasteiger charge is 2.24. The maximum atomic E-state index is 12.3. The minimum absolute atomic E-state index is 0.173. The molecule has 0 saturated carbocycles. The molecule has 1 heterocycles. The van der Waals surface area contributed by atoms with Crippen LogP contribution < -0.4 is 14.6 Å². The van der Waals surface area contributed by atoms with Crippen molar-refractivity contribution in [2.75, 3.05) is 6.79 Å². The summed E-state index contributed by atoms with van der Waals surface area (Å²) in [7, 11) is 0. The van der Waals surface area contributed by atoms with Gasteiger partial charge in [0, 0.05) is 12.0 Å². The van der Waals surface area contributed by atoms with Crippen molar-refractivity contribution in [2.45, 2.75) is 6.42 Å². The van der Waals surface area contributed by atoms with E-state index in [1.807, 2.05) is 12.1 Å². The van der Waals surface area contributed by atoms with Crippen molar-refractivity contribution in [1.82, 2.24) is 0 Å². The maximum Gasteiger partial charge on any atom is 0.231 e. The lowest BCUT2D eigenvalue weighted by Gasteiger charge is -2.11. The normalized spacial score (nSPS) is 15.5. The minimum Gasteiger partial charge on any atom is -0.872 e. The molecule has 2 aromatic carbocycles. The van der Waals surface area contributed by atoms with Crippen molar-refractivity contribution in [3.8, 4) is 11.5 Å². The van der Waals surface area contributed by atoms with Gasteiger partial charge in [0.05, 0.1) is 0 Å². The Bertz CT molecular complexity index is 789. The number of rotatable bonds is 2. The molecule has 4 heteroatoms. The Balaban J connectivity index is 1.69. The van der Waals surface area contributed by atoms with Crippen LogP contribution in [0, 0.1) is 0 Å². The number of carbonyl (C=O) groups is 1. The van der Waals surface area contributed by atoms with Crippen molar-refractivity contribution in [3.63, 3.8) is 0 Å². The van der Waals surface area contributed by atoms with Gasteiger partial charge in [0.15, 0.2) is 17.3 Å². The average molecular weight is 279 g/mol. The van der Waals surface area contributed by atoms with Gasteiger partial charge in [-0.1, -0.05) is 36.1 Å². The van der Waals surface area contributed by atoms with E-state index in [1.165, 1.54) is 0 Å². The Hall–Kier alpha value is -2.75. The van der Waals surface area contributed by atoms with E-state index in [2.05, 4.69) is 0 Å². The number of carbonyl (C=O) groups excluding carboxylic acids is 1. The lowest BCUT2D eigenvalue weighted by atomic mass is 10.0. The van der Waals surface area contributed by atoms with Crippen LogP contribution in [0.4, 0.5) is 0 Å². The first-order valence-corrected chi connectivity index (χ1v) is 6.67. The smallest absolute Gasteiger partial charge is 0.231 e. The van der Waals surface area contributed by atoms with Crippen molar-refractivity contribution in [3.05, 3.63) is 64.7 Å². The monoisotopic (exact) mass is 279 g/mol. The summed E-state index contributed by atoms with van der Waals surface area (Å²) in [6, 6.07) is 12.4. The second-order valence-corrected chi connectivity index (χ2v) is 5.05. The van der Waals surface area contributed by atoms with Crippen molar-refractivity contribution >= 4 is 11.5 Å². The number of benzene rings is 2. The van der Waals surface area contributed by atoms with Gasteiger partial charge in [0.1, 0.15) is 0 Å². The summed E-state index contributed by atoms with van der Waals surface area (Å²) in [5, 5.41) is 12.3. The summed E-state index contributed by atoms with van der Waals surface area (Å²) in [4.78, 5) is 12.3. The second-order valence-electron chi connectivity index (χ2n) is 5.05. The summed E-state index contributed by atoms with van der Waals surface area (Å²) >= 11 is 0. The molecule has 4 nitrogen and oxygen atoms in total. The van der Waals surface area contributed by atoms with Crippen molar-refractivity contribution < 1.29 is 19.4 Å². The lowest BCUT2D eigenvalue weighted by Crippen LogP contribution is -2.06. The molecule has 0 unspecified atom stereocenters. The Morgan fingerprint density at radius 1 is 1.00 bits per heavy atom. The highest BCUT2D eigenvalue weighted by atomic mass is 16.7. The molecule has 0 atom stereocenters. The number of Topliss-reactive ketones (excluding diaryl/α,β-unsaturated/α-hetero) is 1. The standard InChI is InChI=1S/C17H12O4/c18-16-11-3-1-2-4-12(11)17(19)13(16)7-10-5-6-14-15(8-10)21-9-20-14/h1-6,8,18H,7,9H2/p-1. The third kappa shape index (κ3) is 1.80. The van der Waals surface area contributed by atoms with Gasteiger partial charge >= 0.3 is 0 Å². The largest absolute Gasteiger partial charge is 0.872 e. The van der Waals surface area contributed by atoms with Gasteiger partial charge in [-0.3, -0.25) is 4.79 Å². The van der Waals surface area contributed by atoms with Crippen LogP contribution in [0.25, 0.3) is 5.76 Å². The molecule has 0 saturated heterocycles. The minimum atomic E-state index is -0.173. The number of hydrogen-bond acceptors (Lipinski definition) is 4. The van der Waals surface area contributed by atoms with Gasteiger partial charge in [0.2, 0.25) is 6.79 Å². The number of ether oxygens (including phenoxy) is 2. The van der Waals surface area contributed by atoms with Gasteiger partial charge in [-0.15, -0.1) is 0 Å². The van der Waals surface area contributed by atoms with Gasteiger partial charge < -0.3 is 14.6 Å². The third-order valence-corrected chi connectivity index (χ3v) is 3.78. The Morgan fingerprint density at radius 3 is 2.57 bits per heavy atom. The zero-order valence-electron chi connectivity index (χ0n) is 11.1. The molecule has 2 aliphatic rings. The van der Waals surface area contributed by atoms with Gasteiger partial charge in [0.25, 0.3) is 0 Å². The predicted octanol–water partition coefficient (Wildman–Crippen LogP) is 1.93. The molecule has 21 heavy (non-hydrogen) atoms. The van der Waals surface area contributed by atoms with E-state index in [1.54, 1.807) is 30.3 Å². The summed E-state index contributed by atoms with van der Waals surface area (Å²) in [5.41, 5.74) is 2.18. The summed E-state index contributed by atoms with van der Waals surface area (Å²) in [6.07, 6.45) is 0.309. The first-order chi connectivity index (χ1) is 10.2. The van der Waals surface area contributed by atoms with E-state index < -0.39 is 0 Å². The van der Waals surface area contributed by atoms with E-state index in [9.17, 15) is 9.90 Å². The van der Waals surface area contributed by atoms with E-state index in [0.29, 0.717) is 34.6 Å². The first kappa shape index (κ1) is 12.0. The predicted molar refractivity (Wildman–Crippen MR) is 74.0 cm³/mol. The SMILES string of the molecule is O=C1C(Cc2ccc3c(c2)OCO3)=C([O-])c2ccccc21. The second kappa shape index (κ2) is 4.38. The van der Waals surface area contributed by atoms with E-state index in [4.69, 9.17) is 9.47 Å². The molecule has 4 rings (SSSR count). The number of hydrogen-bond donors (Lipinski definition) is 0. The van der Waals surface area contributed by atoms with Crippen molar-refractivity contribution in [1.29, 1.82) is 0 Å². The highest BCUT2D eigenvalue weighted by molar-refractivity contribution is 6.19. The molecular weight excluding hydrogens is 268 g/mol. The molecule has 0 fully saturated rings. The molecule has 0 bridgehead atoms. The molecule has 0 spiro atoms. The van der Waals surface area contributed by atoms with Crippen LogP contribution in [-0.4, -0.2) is 12.6 Å². The molecule has 104 valence electrons. The highest BCUT2D eigenvalue weighted by Crippen LogP contribution is 2.35. The molecule has 1 aliphatic heterocycles. The fourth-order valence-corrected chi connectivity index (χ4v) is 2.72. The van der Waals surface area contributed by atoms with Crippen LogP contribution in [0.15, 0.2) is 48.0 Å². The van der Waals surface area contributed by atoms with Gasteiger partial charge in [-0.25, -0.2) is 0 Å². The zero-order valence-corrected chi connectivity index (χ0v) is 11.1. The first-order valence-electron chi connectivity index (χ1n) is 6.67. The zero-order chi connectivity index (χ0) is 14.4. The fourth-order valence-electron chi connectivity index (χ4n) is 2.72. The van der Waals surface area contributed by atoms with Crippen molar-refractivity contribution in [2.24, 2.45) is 0 Å². The molecule has 0 aromatic heterocycles. The van der Waals surface area contributed by atoms with E-state index >= 15 is 0 Å². The van der Waals surface area contributed by atoms with Crippen LogP contribution in [0.1, 0.15) is 21.5 Å². The topological polar surface area (TPSA) is 58.6 Å². The van der Waals surface area contributed by atoms with Crippen LogP contribution >= 0.6 is 0 Å². The molecule has 0 amide bonds. The van der Waals surface area contributed by atoms with E-state index in [-0.39, 0.29) is 18.3 Å². The Morgan fingerprint density at radius 2 is 1.76 bits per heavy atom. The Kier molecular flexibility index (Phi) is 2.51. The summed E-state index contributed by atoms with van der Waals surface area (Å²) in [5.74, 6) is 1.00. The molecule has 0 N–H and O–H groups in total. The molecule has 1 aliphatic carbocycles. The van der Waals surface area contributed by atoms with E-state index in [0.717, 1.165) is 5.56 Å². The quantitative estimate of drug-likeness (QED) is 0.842. The molecule has 2 aromatic rings. The van der Waals surface area contributed by atoms with Gasteiger partial charge in [-0.05, 0) is 28.8 Å². The number of fused-ring (bicyclic) bond motifs is 2. The summed E-state index contributed by atoms with van der Waals surface area (Å²) in [6.45, 7) is 0.207. The van der Waals surface area contributed by atoms with Crippen LogP contribution in [0.3, 0.4) is 0 Å². The molecule has 0 radical (unpaired) electrons. The van der Waals surface area contributed by atoms with Crippen LogP contribution in [0.2, 0.25) is 0 Å². The Labute approximate surface area is 121 Å². The molecular formula is C17H11O4-. The number of allylic oxidation sites excluding steroid dienone is 1.